The van der Waals surface area contributed by atoms with Crippen molar-refractivity contribution >= 4 is 5.82 Å². The lowest BCUT2D eigenvalue weighted by Crippen LogP contribution is -2.30. The molecule has 0 radical (unpaired) electrons. The molecule has 1 aliphatic carbocycles. The Bertz CT molecular complexity index is 450. The predicted octanol–water partition coefficient (Wildman–Crippen LogP) is 3.43. The van der Waals surface area contributed by atoms with Crippen LogP contribution in [0.15, 0.2) is 6.07 Å². The fraction of sp³-hybridized carbons (Fsp3) is 0.706. The Kier molecular flexibility index (Phi) is 5.03. The molecule has 0 aromatic carbocycles. The number of anilines is 1. The fourth-order valence-electron chi connectivity index (χ4n) is 2.61. The quantitative estimate of drug-likeness (QED) is 0.826. The third kappa shape index (κ3) is 3.95. The summed E-state index contributed by atoms with van der Waals surface area (Å²) in [5.74, 6) is 2.09. The zero-order valence-corrected chi connectivity index (χ0v) is 13.7. The van der Waals surface area contributed by atoms with E-state index in [2.05, 4.69) is 50.9 Å². The SMILES string of the molecule is CCN(CC1CC1)c1nc(C)cc(C)c1CNC(C)C. The summed E-state index contributed by atoms with van der Waals surface area (Å²) in [6.45, 7) is 14.1. The maximum absolute atomic E-state index is 4.85. The lowest BCUT2D eigenvalue weighted by atomic mass is 10.1. The zero-order chi connectivity index (χ0) is 14.7. The molecule has 20 heavy (non-hydrogen) atoms. The molecule has 0 aliphatic heterocycles. The lowest BCUT2D eigenvalue weighted by molar-refractivity contribution is 0.584. The van der Waals surface area contributed by atoms with Crippen molar-refractivity contribution in [2.45, 2.75) is 60.0 Å². The predicted molar refractivity (Wildman–Crippen MR) is 86.3 cm³/mol. The van der Waals surface area contributed by atoms with Crippen molar-refractivity contribution in [1.29, 1.82) is 0 Å². The number of hydrogen-bond donors (Lipinski definition) is 1. The molecule has 0 unspecified atom stereocenters. The van der Waals surface area contributed by atoms with Gasteiger partial charge in [-0.2, -0.15) is 0 Å². The molecule has 0 amide bonds. The Labute approximate surface area is 123 Å². The summed E-state index contributed by atoms with van der Waals surface area (Å²) in [4.78, 5) is 7.32. The van der Waals surface area contributed by atoms with E-state index in [9.17, 15) is 0 Å². The number of nitrogens with zero attached hydrogens (tertiary/aromatic N) is 2. The van der Waals surface area contributed by atoms with Crippen LogP contribution in [0.2, 0.25) is 0 Å². The van der Waals surface area contributed by atoms with Gasteiger partial charge < -0.3 is 10.2 Å². The number of aryl methyl sites for hydroxylation is 2. The van der Waals surface area contributed by atoms with E-state index >= 15 is 0 Å². The third-order valence-corrected chi connectivity index (χ3v) is 4.00. The highest BCUT2D eigenvalue weighted by atomic mass is 15.2. The molecule has 1 fully saturated rings. The van der Waals surface area contributed by atoms with Gasteiger partial charge >= 0.3 is 0 Å². The second-order valence-corrected chi connectivity index (χ2v) is 6.40. The van der Waals surface area contributed by atoms with Gasteiger partial charge in [-0.25, -0.2) is 4.98 Å². The molecule has 0 atom stereocenters. The minimum absolute atomic E-state index is 0.502. The summed E-state index contributed by atoms with van der Waals surface area (Å²) < 4.78 is 0. The van der Waals surface area contributed by atoms with Crippen molar-refractivity contribution in [3.8, 4) is 0 Å². The van der Waals surface area contributed by atoms with E-state index in [1.807, 2.05) is 0 Å². The Morgan fingerprint density at radius 2 is 2.05 bits per heavy atom. The minimum Gasteiger partial charge on any atom is -0.356 e. The third-order valence-electron chi connectivity index (χ3n) is 4.00. The molecule has 0 saturated heterocycles. The van der Waals surface area contributed by atoms with Crippen LogP contribution in [0.3, 0.4) is 0 Å². The Morgan fingerprint density at radius 3 is 2.60 bits per heavy atom. The first-order chi connectivity index (χ1) is 9.51. The molecule has 0 bridgehead atoms. The van der Waals surface area contributed by atoms with Gasteiger partial charge in [-0.05, 0) is 51.2 Å². The van der Waals surface area contributed by atoms with Crippen molar-refractivity contribution in [1.82, 2.24) is 10.3 Å². The van der Waals surface area contributed by atoms with Crippen LogP contribution >= 0.6 is 0 Å². The summed E-state index contributed by atoms with van der Waals surface area (Å²) >= 11 is 0. The van der Waals surface area contributed by atoms with Gasteiger partial charge in [-0.15, -0.1) is 0 Å². The van der Waals surface area contributed by atoms with Crippen molar-refractivity contribution in [3.63, 3.8) is 0 Å². The first kappa shape index (κ1) is 15.3. The van der Waals surface area contributed by atoms with Gasteiger partial charge in [0.1, 0.15) is 5.82 Å². The highest BCUT2D eigenvalue weighted by Gasteiger charge is 2.25. The average molecular weight is 275 g/mol. The molecular formula is C17H29N3. The van der Waals surface area contributed by atoms with Crippen molar-refractivity contribution < 1.29 is 0 Å². The van der Waals surface area contributed by atoms with Gasteiger partial charge in [-0.1, -0.05) is 13.8 Å². The van der Waals surface area contributed by atoms with Gasteiger partial charge in [0, 0.05) is 36.9 Å². The highest BCUT2D eigenvalue weighted by molar-refractivity contribution is 5.51. The van der Waals surface area contributed by atoms with Gasteiger partial charge in [0.2, 0.25) is 0 Å². The van der Waals surface area contributed by atoms with E-state index in [-0.39, 0.29) is 0 Å². The fourth-order valence-corrected chi connectivity index (χ4v) is 2.61. The van der Waals surface area contributed by atoms with E-state index in [4.69, 9.17) is 4.98 Å². The summed E-state index contributed by atoms with van der Waals surface area (Å²) in [7, 11) is 0. The van der Waals surface area contributed by atoms with Crippen LogP contribution in [0.25, 0.3) is 0 Å². The monoisotopic (exact) mass is 275 g/mol. The van der Waals surface area contributed by atoms with Gasteiger partial charge in [0.25, 0.3) is 0 Å². The van der Waals surface area contributed by atoms with Crippen molar-refractivity contribution in [3.05, 3.63) is 22.9 Å². The maximum atomic E-state index is 4.85. The molecule has 1 N–H and O–H groups in total. The normalized spacial score (nSPS) is 14.9. The molecule has 0 spiro atoms. The number of aromatic nitrogens is 1. The van der Waals surface area contributed by atoms with Crippen LogP contribution in [0.4, 0.5) is 5.82 Å². The summed E-state index contributed by atoms with van der Waals surface area (Å²) in [5, 5.41) is 3.54. The lowest BCUT2D eigenvalue weighted by Gasteiger charge is -2.26. The van der Waals surface area contributed by atoms with Gasteiger partial charge in [0.05, 0.1) is 0 Å². The molecule has 1 heterocycles. The van der Waals surface area contributed by atoms with Crippen molar-refractivity contribution in [2.75, 3.05) is 18.0 Å². The molecule has 1 aliphatic rings. The van der Waals surface area contributed by atoms with Crippen LogP contribution in [-0.2, 0) is 6.54 Å². The van der Waals surface area contributed by atoms with Crippen LogP contribution < -0.4 is 10.2 Å². The van der Waals surface area contributed by atoms with E-state index in [1.54, 1.807) is 0 Å². The van der Waals surface area contributed by atoms with E-state index < -0.39 is 0 Å². The maximum Gasteiger partial charge on any atom is 0.133 e. The summed E-state index contributed by atoms with van der Waals surface area (Å²) in [6, 6.07) is 2.70. The largest absolute Gasteiger partial charge is 0.356 e. The summed E-state index contributed by atoms with van der Waals surface area (Å²) in [6.07, 6.45) is 2.78. The van der Waals surface area contributed by atoms with E-state index in [1.165, 1.54) is 36.3 Å². The molecule has 3 nitrogen and oxygen atoms in total. The average Bonchev–Trinajstić information content (AvgIpc) is 3.17. The summed E-state index contributed by atoms with van der Waals surface area (Å²) in [5.41, 5.74) is 3.85. The standard InChI is InChI=1S/C17H29N3/c1-6-20(11-15-7-8-15)17-16(10-18-12(2)3)13(4)9-14(5)19-17/h9,12,15,18H,6-8,10-11H2,1-5H3. The first-order valence-corrected chi connectivity index (χ1v) is 7.96. The molecular weight excluding hydrogens is 246 g/mol. The second-order valence-electron chi connectivity index (χ2n) is 6.40. The number of rotatable bonds is 7. The smallest absolute Gasteiger partial charge is 0.133 e. The van der Waals surface area contributed by atoms with Crippen molar-refractivity contribution in [2.24, 2.45) is 5.92 Å². The van der Waals surface area contributed by atoms with E-state index in [0.717, 1.165) is 24.7 Å². The topological polar surface area (TPSA) is 28.2 Å². The highest BCUT2D eigenvalue weighted by Crippen LogP contribution is 2.32. The number of pyridine rings is 1. The molecule has 2 rings (SSSR count). The molecule has 1 aromatic rings. The molecule has 3 heteroatoms. The second kappa shape index (κ2) is 6.57. The number of nitrogens with one attached hydrogen (secondary N) is 1. The van der Waals surface area contributed by atoms with Crippen LogP contribution in [0, 0.1) is 19.8 Å². The molecule has 112 valence electrons. The first-order valence-electron chi connectivity index (χ1n) is 7.96. The Morgan fingerprint density at radius 1 is 1.35 bits per heavy atom. The van der Waals surface area contributed by atoms with Crippen LogP contribution in [0.5, 0.6) is 0 Å². The van der Waals surface area contributed by atoms with Crippen LogP contribution in [-0.4, -0.2) is 24.1 Å². The minimum atomic E-state index is 0.502. The Hall–Kier alpha value is -1.09. The number of hydrogen-bond acceptors (Lipinski definition) is 3. The zero-order valence-electron chi connectivity index (χ0n) is 13.7. The van der Waals surface area contributed by atoms with Gasteiger partial charge in [-0.3, -0.25) is 0 Å². The molecule has 1 aromatic heterocycles. The van der Waals surface area contributed by atoms with Gasteiger partial charge in [0.15, 0.2) is 0 Å². The van der Waals surface area contributed by atoms with Crippen LogP contribution in [0.1, 0.15) is 50.4 Å². The molecule has 1 saturated carbocycles. The van der Waals surface area contributed by atoms with E-state index in [0.29, 0.717) is 6.04 Å². The Balaban J connectivity index is 2.26.